The molecule has 4 nitrogen and oxygen atoms in total. The SMILES string of the molecule is CC1(C)CCC(O)CC1n1ccnn1. The van der Waals surface area contributed by atoms with E-state index in [1.807, 2.05) is 10.9 Å². The first-order valence-corrected chi connectivity index (χ1v) is 5.13. The molecule has 0 bridgehead atoms. The first kappa shape index (κ1) is 9.65. The van der Waals surface area contributed by atoms with Crippen LogP contribution >= 0.6 is 0 Å². The van der Waals surface area contributed by atoms with E-state index in [1.54, 1.807) is 6.20 Å². The molecule has 1 saturated carbocycles. The fraction of sp³-hybridized carbons (Fsp3) is 0.800. The Hall–Kier alpha value is -0.900. The van der Waals surface area contributed by atoms with Crippen LogP contribution in [-0.4, -0.2) is 26.2 Å². The van der Waals surface area contributed by atoms with E-state index in [2.05, 4.69) is 24.2 Å². The second kappa shape index (κ2) is 3.35. The summed E-state index contributed by atoms with van der Waals surface area (Å²) in [5.74, 6) is 0. The molecule has 2 unspecified atom stereocenters. The van der Waals surface area contributed by atoms with E-state index in [-0.39, 0.29) is 17.6 Å². The van der Waals surface area contributed by atoms with Crippen LogP contribution in [0.3, 0.4) is 0 Å². The zero-order valence-corrected chi connectivity index (χ0v) is 8.72. The van der Waals surface area contributed by atoms with Crippen molar-refractivity contribution in [1.82, 2.24) is 15.0 Å². The van der Waals surface area contributed by atoms with Gasteiger partial charge in [-0.2, -0.15) is 0 Å². The summed E-state index contributed by atoms with van der Waals surface area (Å²) < 4.78 is 1.88. The molecule has 0 radical (unpaired) electrons. The van der Waals surface area contributed by atoms with Gasteiger partial charge < -0.3 is 5.11 Å². The number of aliphatic hydroxyl groups excluding tert-OH is 1. The van der Waals surface area contributed by atoms with Gasteiger partial charge in [0.15, 0.2) is 0 Å². The van der Waals surface area contributed by atoms with E-state index in [4.69, 9.17) is 0 Å². The Kier molecular flexibility index (Phi) is 2.31. The molecule has 0 amide bonds. The molecule has 0 saturated heterocycles. The van der Waals surface area contributed by atoms with Crippen molar-refractivity contribution in [3.05, 3.63) is 12.4 Å². The molecule has 4 heteroatoms. The van der Waals surface area contributed by atoms with E-state index in [0.29, 0.717) is 0 Å². The van der Waals surface area contributed by atoms with Crippen molar-refractivity contribution in [2.75, 3.05) is 0 Å². The van der Waals surface area contributed by atoms with Crippen LogP contribution in [0.25, 0.3) is 0 Å². The highest BCUT2D eigenvalue weighted by Crippen LogP contribution is 2.43. The third-order valence-corrected chi connectivity index (χ3v) is 3.28. The van der Waals surface area contributed by atoms with Crippen molar-refractivity contribution >= 4 is 0 Å². The minimum atomic E-state index is -0.183. The van der Waals surface area contributed by atoms with Crippen LogP contribution < -0.4 is 0 Å². The zero-order valence-electron chi connectivity index (χ0n) is 8.72. The van der Waals surface area contributed by atoms with Gasteiger partial charge in [-0.15, -0.1) is 5.10 Å². The minimum absolute atomic E-state index is 0.183. The van der Waals surface area contributed by atoms with Crippen molar-refractivity contribution in [3.63, 3.8) is 0 Å². The average Bonchev–Trinajstić information content (AvgIpc) is 2.62. The fourth-order valence-corrected chi connectivity index (χ4v) is 2.25. The van der Waals surface area contributed by atoms with E-state index in [1.165, 1.54) is 0 Å². The third-order valence-electron chi connectivity index (χ3n) is 3.28. The standard InChI is InChI=1S/C10H17N3O/c1-10(2)4-3-8(14)7-9(10)13-6-5-11-12-13/h5-6,8-9,14H,3-4,7H2,1-2H3. The lowest BCUT2D eigenvalue weighted by Gasteiger charge is -2.40. The van der Waals surface area contributed by atoms with Gasteiger partial charge in [-0.1, -0.05) is 19.1 Å². The summed E-state index contributed by atoms with van der Waals surface area (Å²) in [6.07, 6.45) is 6.12. The fourth-order valence-electron chi connectivity index (χ4n) is 2.25. The maximum absolute atomic E-state index is 9.65. The van der Waals surface area contributed by atoms with Gasteiger partial charge >= 0.3 is 0 Å². The Bertz CT molecular complexity index is 294. The molecule has 0 aromatic carbocycles. The average molecular weight is 195 g/mol. The Labute approximate surface area is 83.9 Å². The first-order valence-electron chi connectivity index (χ1n) is 5.13. The summed E-state index contributed by atoms with van der Waals surface area (Å²) >= 11 is 0. The van der Waals surface area contributed by atoms with Gasteiger partial charge in [0.1, 0.15) is 0 Å². The molecule has 1 aliphatic carbocycles. The predicted octanol–water partition coefficient (Wildman–Crippen LogP) is 1.39. The lowest BCUT2D eigenvalue weighted by Crippen LogP contribution is -2.36. The number of hydrogen-bond donors (Lipinski definition) is 1. The van der Waals surface area contributed by atoms with E-state index in [0.717, 1.165) is 19.3 Å². The molecule has 0 spiro atoms. The zero-order chi connectivity index (χ0) is 10.2. The molecule has 2 atom stereocenters. The van der Waals surface area contributed by atoms with Crippen LogP contribution in [0.2, 0.25) is 0 Å². The lowest BCUT2D eigenvalue weighted by molar-refractivity contribution is 0.0285. The number of nitrogens with zero attached hydrogens (tertiary/aromatic N) is 3. The summed E-state index contributed by atoms with van der Waals surface area (Å²) in [7, 11) is 0. The van der Waals surface area contributed by atoms with E-state index < -0.39 is 0 Å². The Morgan fingerprint density at radius 3 is 2.93 bits per heavy atom. The van der Waals surface area contributed by atoms with Gasteiger partial charge in [0, 0.05) is 6.20 Å². The Balaban J connectivity index is 2.22. The quantitative estimate of drug-likeness (QED) is 0.736. The van der Waals surface area contributed by atoms with Gasteiger partial charge in [0.25, 0.3) is 0 Å². The largest absolute Gasteiger partial charge is 0.393 e. The van der Waals surface area contributed by atoms with Crippen molar-refractivity contribution in [3.8, 4) is 0 Å². The van der Waals surface area contributed by atoms with Crippen molar-refractivity contribution < 1.29 is 5.11 Å². The molecule has 2 rings (SSSR count). The molecular formula is C10H17N3O. The van der Waals surface area contributed by atoms with Crippen LogP contribution in [-0.2, 0) is 0 Å². The summed E-state index contributed by atoms with van der Waals surface area (Å²) in [6, 6.07) is 0.272. The van der Waals surface area contributed by atoms with Crippen LogP contribution in [0, 0.1) is 5.41 Å². The molecule has 1 heterocycles. The van der Waals surface area contributed by atoms with Gasteiger partial charge in [0.2, 0.25) is 0 Å². The Morgan fingerprint density at radius 2 is 2.29 bits per heavy atom. The van der Waals surface area contributed by atoms with E-state index in [9.17, 15) is 5.11 Å². The summed E-state index contributed by atoms with van der Waals surface area (Å²) in [5.41, 5.74) is 0.201. The maximum atomic E-state index is 9.65. The molecule has 1 aromatic heterocycles. The predicted molar refractivity (Wildman–Crippen MR) is 52.7 cm³/mol. The Morgan fingerprint density at radius 1 is 1.50 bits per heavy atom. The molecule has 0 aliphatic heterocycles. The topological polar surface area (TPSA) is 50.9 Å². The van der Waals surface area contributed by atoms with Gasteiger partial charge in [-0.3, -0.25) is 0 Å². The van der Waals surface area contributed by atoms with Crippen LogP contribution in [0.5, 0.6) is 0 Å². The molecule has 14 heavy (non-hydrogen) atoms. The highest BCUT2D eigenvalue weighted by atomic mass is 16.3. The molecular weight excluding hydrogens is 178 g/mol. The van der Waals surface area contributed by atoms with Crippen molar-refractivity contribution in [2.24, 2.45) is 5.41 Å². The monoisotopic (exact) mass is 195 g/mol. The van der Waals surface area contributed by atoms with E-state index >= 15 is 0 Å². The highest BCUT2D eigenvalue weighted by molar-refractivity contribution is 4.90. The smallest absolute Gasteiger partial charge is 0.0693 e. The second-order valence-corrected chi connectivity index (χ2v) is 4.82. The second-order valence-electron chi connectivity index (χ2n) is 4.82. The maximum Gasteiger partial charge on any atom is 0.0693 e. The summed E-state index contributed by atoms with van der Waals surface area (Å²) in [4.78, 5) is 0. The molecule has 1 N–H and O–H groups in total. The van der Waals surface area contributed by atoms with Crippen LogP contribution in [0.15, 0.2) is 12.4 Å². The summed E-state index contributed by atoms with van der Waals surface area (Å²) in [5, 5.41) is 17.5. The summed E-state index contributed by atoms with van der Waals surface area (Å²) in [6.45, 7) is 4.45. The van der Waals surface area contributed by atoms with Gasteiger partial charge in [-0.05, 0) is 24.7 Å². The molecule has 1 aliphatic rings. The van der Waals surface area contributed by atoms with Crippen molar-refractivity contribution in [1.29, 1.82) is 0 Å². The number of aliphatic hydroxyl groups is 1. The molecule has 1 fully saturated rings. The number of hydrogen-bond acceptors (Lipinski definition) is 3. The van der Waals surface area contributed by atoms with Crippen molar-refractivity contribution in [2.45, 2.75) is 45.3 Å². The van der Waals surface area contributed by atoms with Crippen LogP contribution in [0.4, 0.5) is 0 Å². The normalized spacial score (nSPS) is 31.6. The molecule has 78 valence electrons. The number of aromatic nitrogens is 3. The highest BCUT2D eigenvalue weighted by Gasteiger charge is 2.37. The third kappa shape index (κ3) is 1.66. The number of rotatable bonds is 1. The van der Waals surface area contributed by atoms with Gasteiger partial charge in [0.05, 0.1) is 18.3 Å². The van der Waals surface area contributed by atoms with Gasteiger partial charge in [-0.25, -0.2) is 4.68 Å². The van der Waals surface area contributed by atoms with Crippen LogP contribution in [0.1, 0.15) is 39.2 Å². The molecule has 1 aromatic rings. The first-order chi connectivity index (χ1) is 6.59. The minimum Gasteiger partial charge on any atom is -0.393 e. The lowest BCUT2D eigenvalue weighted by atomic mass is 9.72.